The second-order valence-electron chi connectivity index (χ2n) is 4.38. The van der Waals surface area contributed by atoms with E-state index in [1.54, 1.807) is 13.8 Å². The van der Waals surface area contributed by atoms with Crippen LogP contribution in [0, 0.1) is 11.6 Å². The van der Waals surface area contributed by atoms with E-state index in [0.717, 1.165) is 6.07 Å². The van der Waals surface area contributed by atoms with Crippen LogP contribution in [0.5, 0.6) is 0 Å². The van der Waals surface area contributed by atoms with E-state index in [2.05, 4.69) is 5.32 Å². The number of carbonyl (C=O) groups is 1. The van der Waals surface area contributed by atoms with Gasteiger partial charge < -0.3 is 15.3 Å². The van der Waals surface area contributed by atoms with Gasteiger partial charge in [0.1, 0.15) is 11.6 Å². The topological polar surface area (TPSA) is 52.6 Å². The maximum atomic E-state index is 13.7. The third kappa shape index (κ3) is 4.16. The second-order valence-corrected chi connectivity index (χ2v) is 4.38. The molecule has 0 spiro atoms. The molecule has 2 amide bonds. The smallest absolute Gasteiger partial charge is 0.317 e. The summed E-state index contributed by atoms with van der Waals surface area (Å²) in [7, 11) is 0. The van der Waals surface area contributed by atoms with Gasteiger partial charge in [-0.05, 0) is 19.4 Å². The molecule has 0 aliphatic heterocycles. The molecule has 1 rings (SSSR count). The molecule has 0 aliphatic carbocycles. The highest BCUT2D eigenvalue weighted by molar-refractivity contribution is 5.74. The first-order valence-electron chi connectivity index (χ1n) is 6.64. The van der Waals surface area contributed by atoms with Crippen molar-refractivity contribution >= 4 is 6.03 Å². The van der Waals surface area contributed by atoms with Crippen molar-refractivity contribution in [2.24, 2.45) is 0 Å². The van der Waals surface area contributed by atoms with E-state index in [4.69, 9.17) is 5.11 Å². The summed E-state index contributed by atoms with van der Waals surface area (Å²) in [6.07, 6.45) is 0.477. The van der Waals surface area contributed by atoms with E-state index in [1.165, 1.54) is 17.0 Å². The third-order valence-corrected chi connectivity index (χ3v) is 3.08. The van der Waals surface area contributed by atoms with Crippen LogP contribution >= 0.6 is 0 Å². The van der Waals surface area contributed by atoms with Gasteiger partial charge in [0.2, 0.25) is 0 Å². The molecule has 0 heterocycles. The molecule has 2 N–H and O–H groups in total. The molecular formula is C14H20F2N2O2. The van der Waals surface area contributed by atoms with Gasteiger partial charge in [0.05, 0.1) is 12.6 Å². The molecule has 112 valence electrons. The molecule has 6 heteroatoms. The summed E-state index contributed by atoms with van der Waals surface area (Å²) < 4.78 is 26.6. The van der Waals surface area contributed by atoms with E-state index < -0.39 is 17.7 Å². The number of benzene rings is 1. The number of carbonyl (C=O) groups excluding carboxylic acids is 1. The van der Waals surface area contributed by atoms with E-state index in [9.17, 15) is 13.6 Å². The molecular weight excluding hydrogens is 266 g/mol. The second kappa shape index (κ2) is 7.79. The van der Waals surface area contributed by atoms with Crippen LogP contribution < -0.4 is 5.32 Å². The normalized spacial score (nSPS) is 12.1. The minimum Gasteiger partial charge on any atom is -0.395 e. The molecule has 1 unspecified atom stereocenters. The Balaban J connectivity index is 2.83. The van der Waals surface area contributed by atoms with Crippen molar-refractivity contribution in [3.8, 4) is 0 Å². The molecule has 0 aliphatic rings. The van der Waals surface area contributed by atoms with Crippen molar-refractivity contribution in [2.45, 2.75) is 26.3 Å². The van der Waals surface area contributed by atoms with Crippen LogP contribution in [0.2, 0.25) is 0 Å². The summed E-state index contributed by atoms with van der Waals surface area (Å²) in [6.45, 7) is 4.10. The average molecular weight is 286 g/mol. The van der Waals surface area contributed by atoms with Gasteiger partial charge in [-0.15, -0.1) is 0 Å². The highest BCUT2D eigenvalue weighted by Gasteiger charge is 2.19. The van der Waals surface area contributed by atoms with Crippen LogP contribution in [-0.2, 0) is 0 Å². The van der Waals surface area contributed by atoms with Crippen molar-refractivity contribution in [1.29, 1.82) is 0 Å². The third-order valence-electron chi connectivity index (χ3n) is 3.08. The molecule has 0 bridgehead atoms. The predicted molar refractivity (Wildman–Crippen MR) is 72.3 cm³/mol. The van der Waals surface area contributed by atoms with Gasteiger partial charge in [0.25, 0.3) is 0 Å². The number of nitrogens with one attached hydrogen (secondary N) is 1. The molecule has 1 atom stereocenters. The van der Waals surface area contributed by atoms with Gasteiger partial charge in [-0.3, -0.25) is 0 Å². The van der Waals surface area contributed by atoms with Crippen LogP contribution in [-0.4, -0.2) is 35.7 Å². The fourth-order valence-corrected chi connectivity index (χ4v) is 1.95. The number of hydrogen-bond donors (Lipinski definition) is 2. The first-order valence-corrected chi connectivity index (χ1v) is 6.64. The number of hydrogen-bond acceptors (Lipinski definition) is 2. The van der Waals surface area contributed by atoms with Gasteiger partial charge in [0.15, 0.2) is 0 Å². The van der Waals surface area contributed by atoms with Gasteiger partial charge in [-0.25, -0.2) is 13.6 Å². The lowest BCUT2D eigenvalue weighted by atomic mass is 10.0. The lowest BCUT2D eigenvalue weighted by Gasteiger charge is -2.25. The monoisotopic (exact) mass is 286 g/mol. The van der Waals surface area contributed by atoms with Gasteiger partial charge in [0, 0.05) is 24.7 Å². The summed E-state index contributed by atoms with van der Waals surface area (Å²) in [4.78, 5) is 13.4. The number of likely N-dealkylation sites (N-methyl/N-ethyl adjacent to an activating group) is 1. The van der Waals surface area contributed by atoms with E-state index in [-0.39, 0.29) is 24.7 Å². The quantitative estimate of drug-likeness (QED) is 0.844. The number of rotatable bonds is 6. The Morgan fingerprint density at radius 2 is 2.10 bits per heavy atom. The number of urea groups is 1. The summed E-state index contributed by atoms with van der Waals surface area (Å²) in [5.74, 6) is -1.33. The summed E-state index contributed by atoms with van der Waals surface area (Å²) in [5, 5.41) is 11.6. The lowest BCUT2D eigenvalue weighted by Crippen LogP contribution is -2.43. The fraction of sp³-hybridized carbons (Fsp3) is 0.500. The Hall–Kier alpha value is -1.69. The molecule has 0 aromatic heterocycles. The summed E-state index contributed by atoms with van der Waals surface area (Å²) in [5.41, 5.74) is 0.252. The number of halogens is 2. The number of aliphatic hydroxyl groups is 1. The van der Waals surface area contributed by atoms with E-state index in [1.807, 2.05) is 0 Å². The van der Waals surface area contributed by atoms with Crippen LogP contribution in [0.4, 0.5) is 13.6 Å². The minimum atomic E-state index is -0.678. The van der Waals surface area contributed by atoms with E-state index in [0.29, 0.717) is 13.0 Å². The lowest BCUT2D eigenvalue weighted by molar-refractivity contribution is 0.176. The fourth-order valence-electron chi connectivity index (χ4n) is 1.95. The van der Waals surface area contributed by atoms with Gasteiger partial charge >= 0.3 is 6.03 Å². The standard InChI is InChI=1S/C14H20F2N2O2/c1-3-13(11-6-5-10(15)9-12(11)16)17-14(20)18(4-2)7-8-19/h5-6,9,13,19H,3-4,7-8H2,1-2H3,(H,17,20). The Kier molecular flexibility index (Phi) is 6.38. The molecule has 0 saturated carbocycles. The van der Waals surface area contributed by atoms with E-state index >= 15 is 0 Å². The summed E-state index contributed by atoms with van der Waals surface area (Å²) in [6, 6.07) is 2.39. The van der Waals surface area contributed by atoms with Gasteiger partial charge in [-0.1, -0.05) is 13.0 Å². The van der Waals surface area contributed by atoms with Crippen LogP contribution in [0.3, 0.4) is 0 Å². The molecule has 0 saturated heterocycles. The first-order chi connectivity index (χ1) is 9.53. The minimum absolute atomic E-state index is 0.136. The highest BCUT2D eigenvalue weighted by Crippen LogP contribution is 2.21. The van der Waals surface area contributed by atoms with Crippen molar-refractivity contribution in [1.82, 2.24) is 10.2 Å². The molecule has 1 aromatic rings. The van der Waals surface area contributed by atoms with Crippen molar-refractivity contribution in [3.05, 3.63) is 35.4 Å². The van der Waals surface area contributed by atoms with Crippen molar-refractivity contribution in [3.63, 3.8) is 0 Å². The zero-order chi connectivity index (χ0) is 15.1. The Labute approximate surface area is 117 Å². The van der Waals surface area contributed by atoms with Crippen LogP contribution in [0.25, 0.3) is 0 Å². The average Bonchev–Trinajstić information content (AvgIpc) is 2.42. The highest BCUT2D eigenvalue weighted by atomic mass is 19.1. The SMILES string of the molecule is CCC(NC(=O)N(CC)CCO)c1ccc(F)cc1F. The Morgan fingerprint density at radius 3 is 2.60 bits per heavy atom. The molecule has 4 nitrogen and oxygen atoms in total. The number of amides is 2. The zero-order valence-electron chi connectivity index (χ0n) is 11.7. The van der Waals surface area contributed by atoms with Crippen molar-refractivity contribution in [2.75, 3.05) is 19.7 Å². The predicted octanol–water partition coefficient (Wildman–Crippen LogP) is 2.44. The number of nitrogens with zero attached hydrogens (tertiary/aromatic N) is 1. The summed E-state index contributed by atoms with van der Waals surface area (Å²) >= 11 is 0. The Bertz CT molecular complexity index is 455. The molecule has 1 aromatic carbocycles. The largest absolute Gasteiger partial charge is 0.395 e. The van der Waals surface area contributed by atoms with Crippen LogP contribution in [0.1, 0.15) is 31.9 Å². The van der Waals surface area contributed by atoms with Crippen LogP contribution in [0.15, 0.2) is 18.2 Å². The van der Waals surface area contributed by atoms with Gasteiger partial charge in [-0.2, -0.15) is 0 Å². The maximum absolute atomic E-state index is 13.7. The molecule has 0 fully saturated rings. The molecule has 0 radical (unpaired) electrons. The Morgan fingerprint density at radius 1 is 1.40 bits per heavy atom. The number of aliphatic hydroxyl groups excluding tert-OH is 1. The molecule has 20 heavy (non-hydrogen) atoms. The maximum Gasteiger partial charge on any atom is 0.317 e. The zero-order valence-corrected chi connectivity index (χ0v) is 11.7. The first kappa shape index (κ1) is 16.4. The van der Waals surface area contributed by atoms with Crippen molar-refractivity contribution < 1.29 is 18.7 Å².